The zero-order valence-corrected chi connectivity index (χ0v) is 17.3. The Bertz CT molecular complexity index is 623. The number of ether oxygens (including phenoxy) is 2. The molecule has 2 rings (SSSR count). The molecule has 1 aromatic carbocycles. The summed E-state index contributed by atoms with van der Waals surface area (Å²) in [6.45, 7) is 9.36. The molecule has 3 N–H and O–H groups in total. The van der Waals surface area contributed by atoms with Gasteiger partial charge in [0.05, 0.1) is 13.2 Å². The molecule has 3 atom stereocenters. The van der Waals surface area contributed by atoms with Crippen molar-refractivity contribution < 1.29 is 14.3 Å². The summed E-state index contributed by atoms with van der Waals surface area (Å²) < 4.78 is 11.1. The van der Waals surface area contributed by atoms with Crippen LogP contribution in [0.15, 0.2) is 29.2 Å². The molecule has 0 spiro atoms. The number of hydrogen-bond donors (Lipinski definition) is 2. The number of carbonyl (C=O) groups excluding carboxylic acids is 1. The molecule has 1 saturated carbocycles. The maximum atomic E-state index is 12.7. The summed E-state index contributed by atoms with van der Waals surface area (Å²) >= 11 is 1.74. The topological polar surface area (TPSA) is 73.6 Å². The predicted molar refractivity (Wildman–Crippen MR) is 107 cm³/mol. The maximum absolute atomic E-state index is 12.7. The SMILES string of the molecule is CCOC1CC(N)(C(=O)NCC(C)CSc2ccccc2OC)C1(C)C. The minimum atomic E-state index is -0.859. The van der Waals surface area contributed by atoms with Crippen LogP contribution >= 0.6 is 11.8 Å². The molecular formula is C20H32N2O3S. The normalized spacial score (nSPS) is 25.2. The van der Waals surface area contributed by atoms with Gasteiger partial charge < -0.3 is 20.5 Å². The Morgan fingerprint density at radius 2 is 2.12 bits per heavy atom. The Morgan fingerprint density at radius 1 is 1.42 bits per heavy atom. The standard InChI is InChI=1S/C20H32N2O3S/c1-6-25-17-11-20(21,19(17,3)4)18(23)22-12-14(2)13-26-16-10-8-7-9-15(16)24-5/h7-10,14,17H,6,11-13,21H2,1-5H3,(H,22,23). The van der Waals surface area contributed by atoms with Crippen molar-refractivity contribution in [2.45, 2.75) is 50.7 Å². The van der Waals surface area contributed by atoms with E-state index in [9.17, 15) is 4.79 Å². The van der Waals surface area contributed by atoms with Crippen molar-refractivity contribution in [3.05, 3.63) is 24.3 Å². The lowest BCUT2D eigenvalue weighted by molar-refractivity contribution is -0.170. The Hall–Kier alpha value is -1.24. The summed E-state index contributed by atoms with van der Waals surface area (Å²) in [5.74, 6) is 2.02. The molecule has 0 radical (unpaired) electrons. The zero-order valence-electron chi connectivity index (χ0n) is 16.5. The molecule has 1 aromatic rings. The summed E-state index contributed by atoms with van der Waals surface area (Å²) in [6, 6.07) is 7.97. The van der Waals surface area contributed by atoms with Crippen molar-refractivity contribution in [3.8, 4) is 5.75 Å². The Morgan fingerprint density at radius 3 is 2.73 bits per heavy atom. The molecule has 1 amide bonds. The highest BCUT2D eigenvalue weighted by Crippen LogP contribution is 2.49. The molecular weight excluding hydrogens is 348 g/mol. The van der Waals surface area contributed by atoms with Crippen LogP contribution in [0.25, 0.3) is 0 Å². The summed E-state index contributed by atoms with van der Waals surface area (Å²) in [7, 11) is 1.68. The number of amides is 1. The van der Waals surface area contributed by atoms with E-state index in [0.29, 0.717) is 25.5 Å². The number of rotatable bonds is 9. The molecule has 0 bridgehead atoms. The number of thioether (sulfide) groups is 1. The molecule has 1 aliphatic rings. The van der Waals surface area contributed by atoms with Crippen LogP contribution in [0.4, 0.5) is 0 Å². The van der Waals surface area contributed by atoms with E-state index in [0.717, 1.165) is 16.4 Å². The van der Waals surface area contributed by atoms with E-state index in [1.54, 1.807) is 18.9 Å². The van der Waals surface area contributed by atoms with Crippen LogP contribution in [0.3, 0.4) is 0 Å². The van der Waals surface area contributed by atoms with Gasteiger partial charge in [0.2, 0.25) is 5.91 Å². The van der Waals surface area contributed by atoms with Crippen LogP contribution in [0.2, 0.25) is 0 Å². The number of hydrogen-bond acceptors (Lipinski definition) is 5. The largest absolute Gasteiger partial charge is 0.496 e. The van der Waals surface area contributed by atoms with Crippen molar-refractivity contribution in [1.82, 2.24) is 5.32 Å². The third-order valence-corrected chi connectivity index (χ3v) is 6.82. The van der Waals surface area contributed by atoms with Crippen LogP contribution in [0.1, 0.15) is 34.1 Å². The summed E-state index contributed by atoms with van der Waals surface area (Å²) in [4.78, 5) is 13.8. The van der Waals surface area contributed by atoms with Gasteiger partial charge in [-0.25, -0.2) is 0 Å². The van der Waals surface area contributed by atoms with Gasteiger partial charge in [-0.2, -0.15) is 0 Å². The van der Waals surface area contributed by atoms with Gasteiger partial charge in [-0.15, -0.1) is 11.8 Å². The number of carbonyl (C=O) groups is 1. The lowest BCUT2D eigenvalue weighted by atomic mass is 9.54. The monoisotopic (exact) mass is 380 g/mol. The highest BCUT2D eigenvalue weighted by molar-refractivity contribution is 7.99. The molecule has 0 saturated heterocycles. The van der Waals surface area contributed by atoms with Crippen molar-refractivity contribution in [1.29, 1.82) is 0 Å². The van der Waals surface area contributed by atoms with Crippen molar-refractivity contribution in [3.63, 3.8) is 0 Å². The Labute approximate surface area is 161 Å². The molecule has 0 aliphatic heterocycles. The van der Waals surface area contributed by atoms with Crippen molar-refractivity contribution in [2.75, 3.05) is 26.0 Å². The molecule has 26 heavy (non-hydrogen) atoms. The first-order chi connectivity index (χ1) is 12.3. The number of para-hydroxylation sites is 1. The van der Waals surface area contributed by atoms with Gasteiger partial charge in [0, 0.05) is 35.6 Å². The van der Waals surface area contributed by atoms with Crippen LogP contribution in [0.5, 0.6) is 5.75 Å². The molecule has 1 fully saturated rings. The third kappa shape index (κ3) is 4.18. The maximum Gasteiger partial charge on any atom is 0.240 e. The summed E-state index contributed by atoms with van der Waals surface area (Å²) in [5, 5.41) is 3.04. The average molecular weight is 381 g/mol. The first kappa shape index (κ1) is 21.1. The van der Waals surface area contributed by atoms with Gasteiger partial charge in [0.25, 0.3) is 0 Å². The van der Waals surface area contributed by atoms with Crippen molar-refractivity contribution >= 4 is 17.7 Å². The minimum absolute atomic E-state index is 0.0433. The van der Waals surface area contributed by atoms with Gasteiger partial charge in [-0.1, -0.05) is 32.9 Å². The van der Waals surface area contributed by atoms with E-state index in [4.69, 9.17) is 15.2 Å². The van der Waals surface area contributed by atoms with Gasteiger partial charge >= 0.3 is 0 Å². The second kappa shape index (κ2) is 8.63. The third-order valence-electron chi connectivity index (χ3n) is 5.44. The number of nitrogens with two attached hydrogens (primary N) is 1. The average Bonchev–Trinajstić information content (AvgIpc) is 2.64. The van der Waals surface area contributed by atoms with Crippen LogP contribution in [0, 0.1) is 11.3 Å². The van der Waals surface area contributed by atoms with Crippen LogP contribution < -0.4 is 15.8 Å². The molecule has 3 unspecified atom stereocenters. The number of benzene rings is 1. The van der Waals surface area contributed by atoms with E-state index in [2.05, 4.69) is 18.3 Å². The molecule has 6 heteroatoms. The fourth-order valence-corrected chi connectivity index (χ4v) is 4.32. The van der Waals surface area contributed by atoms with Gasteiger partial charge in [-0.3, -0.25) is 4.79 Å². The predicted octanol–water partition coefficient (Wildman–Crippen LogP) is 3.07. The Kier molecular flexibility index (Phi) is 6.99. The molecule has 0 aromatic heterocycles. The van der Waals surface area contributed by atoms with E-state index < -0.39 is 5.54 Å². The minimum Gasteiger partial charge on any atom is -0.496 e. The van der Waals surface area contributed by atoms with E-state index in [1.807, 2.05) is 39.0 Å². The number of nitrogens with one attached hydrogen (secondary N) is 1. The fraction of sp³-hybridized carbons (Fsp3) is 0.650. The highest BCUT2D eigenvalue weighted by Gasteiger charge is 2.62. The summed E-state index contributed by atoms with van der Waals surface area (Å²) in [5.41, 5.74) is 5.20. The molecule has 146 valence electrons. The quantitative estimate of drug-likeness (QED) is 0.644. The number of methoxy groups -OCH3 is 1. The highest BCUT2D eigenvalue weighted by atomic mass is 32.2. The fourth-order valence-electron chi connectivity index (χ4n) is 3.27. The van der Waals surface area contributed by atoms with Gasteiger partial charge in [0.1, 0.15) is 11.3 Å². The molecule has 5 nitrogen and oxygen atoms in total. The molecule has 0 heterocycles. The van der Waals surface area contributed by atoms with Gasteiger partial charge in [-0.05, 0) is 25.0 Å². The van der Waals surface area contributed by atoms with Gasteiger partial charge in [0.15, 0.2) is 0 Å². The van der Waals surface area contributed by atoms with Crippen molar-refractivity contribution in [2.24, 2.45) is 17.1 Å². The second-order valence-electron chi connectivity index (χ2n) is 7.62. The molecule has 1 aliphatic carbocycles. The smallest absolute Gasteiger partial charge is 0.240 e. The summed E-state index contributed by atoms with van der Waals surface area (Å²) in [6.07, 6.45) is 0.617. The van der Waals surface area contributed by atoms with E-state index >= 15 is 0 Å². The first-order valence-corrected chi connectivity index (χ1v) is 10.2. The van der Waals surface area contributed by atoms with E-state index in [-0.39, 0.29) is 17.4 Å². The second-order valence-corrected chi connectivity index (χ2v) is 8.68. The van der Waals surface area contributed by atoms with Crippen LogP contribution in [-0.4, -0.2) is 43.6 Å². The van der Waals surface area contributed by atoms with E-state index in [1.165, 1.54) is 0 Å². The first-order valence-electron chi connectivity index (χ1n) is 9.20. The zero-order chi connectivity index (χ0) is 19.4. The lowest BCUT2D eigenvalue weighted by Crippen LogP contribution is -2.75. The lowest BCUT2D eigenvalue weighted by Gasteiger charge is -2.57. The Balaban J connectivity index is 1.82. The van der Waals surface area contributed by atoms with Crippen LogP contribution in [-0.2, 0) is 9.53 Å².